The molecule has 1 amide bonds. The third-order valence-electron chi connectivity index (χ3n) is 7.02. The van der Waals surface area contributed by atoms with Gasteiger partial charge in [-0.2, -0.15) is 0 Å². The van der Waals surface area contributed by atoms with Gasteiger partial charge in [-0.3, -0.25) is 9.00 Å². The fraction of sp³-hybridized carbons (Fsp3) is 0.708. The molecule has 6 heteroatoms. The third-order valence-corrected chi connectivity index (χ3v) is 8.30. The molecular formula is C24H38N2O3S. The van der Waals surface area contributed by atoms with Crippen LogP contribution >= 0.6 is 0 Å². The van der Waals surface area contributed by atoms with Crippen LogP contribution in [-0.4, -0.2) is 46.5 Å². The molecule has 2 atom stereocenters. The highest BCUT2D eigenvalue weighted by Gasteiger charge is 2.34. The van der Waals surface area contributed by atoms with E-state index in [0.717, 1.165) is 56.3 Å². The van der Waals surface area contributed by atoms with Crippen molar-refractivity contribution in [3.63, 3.8) is 0 Å². The fourth-order valence-electron chi connectivity index (χ4n) is 4.55. The van der Waals surface area contributed by atoms with E-state index in [0.29, 0.717) is 36.0 Å². The Labute approximate surface area is 184 Å². The van der Waals surface area contributed by atoms with Crippen LogP contribution in [0.15, 0.2) is 24.3 Å². The van der Waals surface area contributed by atoms with Crippen LogP contribution in [0.2, 0.25) is 0 Å². The molecule has 2 aliphatic rings. The van der Waals surface area contributed by atoms with Crippen molar-refractivity contribution in [2.75, 3.05) is 19.4 Å². The number of nitrogens with zero attached hydrogens (tertiary/aromatic N) is 1. The number of carbonyl (C=O) groups excluding carboxylic acids is 1. The predicted octanol–water partition coefficient (Wildman–Crippen LogP) is 3.62. The van der Waals surface area contributed by atoms with Gasteiger partial charge in [0.15, 0.2) is 0 Å². The molecule has 2 aliphatic carbocycles. The van der Waals surface area contributed by atoms with E-state index in [1.54, 1.807) is 0 Å². The molecule has 30 heavy (non-hydrogen) atoms. The maximum absolute atomic E-state index is 12.7. The molecule has 0 aliphatic heterocycles. The molecule has 5 nitrogen and oxygen atoms in total. The van der Waals surface area contributed by atoms with Gasteiger partial charge >= 0.3 is 0 Å². The van der Waals surface area contributed by atoms with E-state index in [-0.39, 0.29) is 11.9 Å². The minimum absolute atomic E-state index is 0.125. The van der Waals surface area contributed by atoms with Gasteiger partial charge in [0.1, 0.15) is 0 Å². The second kappa shape index (κ2) is 11.4. The highest BCUT2D eigenvalue weighted by molar-refractivity contribution is 7.84. The number of carbonyl (C=O) groups is 1. The number of likely N-dealkylation sites (N-methyl/N-ethyl adjacent to an activating group) is 1. The molecule has 3 rings (SSSR count). The van der Waals surface area contributed by atoms with Crippen LogP contribution < -0.4 is 5.73 Å². The van der Waals surface area contributed by atoms with Crippen LogP contribution in [0.5, 0.6) is 0 Å². The minimum atomic E-state index is -0.813. The topological polar surface area (TPSA) is 72.6 Å². The second-order valence-electron chi connectivity index (χ2n) is 9.00. The number of rotatable bonds is 10. The van der Waals surface area contributed by atoms with E-state index in [1.807, 2.05) is 31.0 Å². The molecule has 0 saturated heterocycles. The lowest BCUT2D eigenvalue weighted by atomic mass is 9.78. The van der Waals surface area contributed by atoms with Gasteiger partial charge in [-0.1, -0.05) is 31.2 Å². The predicted molar refractivity (Wildman–Crippen MR) is 122 cm³/mol. The van der Waals surface area contributed by atoms with Crippen LogP contribution in [0, 0.1) is 11.8 Å². The Balaban J connectivity index is 1.40. The van der Waals surface area contributed by atoms with Crippen molar-refractivity contribution in [1.82, 2.24) is 4.90 Å². The molecule has 0 radical (unpaired) electrons. The van der Waals surface area contributed by atoms with E-state index < -0.39 is 10.8 Å². The maximum atomic E-state index is 12.7. The van der Waals surface area contributed by atoms with E-state index >= 15 is 0 Å². The van der Waals surface area contributed by atoms with Crippen molar-refractivity contribution in [3.8, 4) is 0 Å². The molecule has 1 aromatic carbocycles. The Morgan fingerprint density at radius 2 is 1.83 bits per heavy atom. The van der Waals surface area contributed by atoms with Crippen molar-refractivity contribution in [2.45, 2.75) is 76.3 Å². The summed E-state index contributed by atoms with van der Waals surface area (Å²) in [7, 11) is 1.10. The van der Waals surface area contributed by atoms with Crippen LogP contribution in [0.3, 0.4) is 0 Å². The monoisotopic (exact) mass is 434 g/mol. The largest absolute Gasteiger partial charge is 0.376 e. The molecule has 1 aromatic rings. The quantitative estimate of drug-likeness (QED) is 0.610. The number of nitrogens with two attached hydrogens (primary N) is 1. The Morgan fingerprint density at radius 3 is 2.43 bits per heavy atom. The summed E-state index contributed by atoms with van der Waals surface area (Å²) in [5.41, 5.74) is 8.62. The molecule has 2 saturated carbocycles. The molecule has 0 spiro atoms. The molecule has 0 heterocycles. The first kappa shape index (κ1) is 23.4. The first-order valence-electron chi connectivity index (χ1n) is 11.5. The van der Waals surface area contributed by atoms with Gasteiger partial charge in [0.2, 0.25) is 5.91 Å². The Bertz CT molecular complexity index is 714. The zero-order valence-corrected chi connectivity index (χ0v) is 19.4. The minimum Gasteiger partial charge on any atom is -0.376 e. The lowest BCUT2D eigenvalue weighted by Crippen LogP contribution is -2.52. The van der Waals surface area contributed by atoms with E-state index in [1.165, 1.54) is 6.42 Å². The van der Waals surface area contributed by atoms with Crippen molar-refractivity contribution < 1.29 is 13.7 Å². The van der Waals surface area contributed by atoms with Crippen molar-refractivity contribution in [2.24, 2.45) is 17.6 Å². The highest BCUT2D eigenvalue weighted by atomic mass is 32.2. The van der Waals surface area contributed by atoms with E-state index in [9.17, 15) is 9.00 Å². The van der Waals surface area contributed by atoms with E-state index in [4.69, 9.17) is 10.5 Å². The van der Waals surface area contributed by atoms with Gasteiger partial charge in [0.05, 0.1) is 12.6 Å². The molecule has 0 aromatic heterocycles. The van der Waals surface area contributed by atoms with Gasteiger partial charge in [-0.15, -0.1) is 0 Å². The zero-order valence-electron chi connectivity index (χ0n) is 18.6. The van der Waals surface area contributed by atoms with Crippen molar-refractivity contribution in [3.05, 3.63) is 35.4 Å². The number of hydrogen-bond donors (Lipinski definition) is 1. The zero-order chi connectivity index (χ0) is 21.5. The molecule has 168 valence electrons. The second-order valence-corrected chi connectivity index (χ2v) is 10.7. The molecule has 1 unspecified atom stereocenters. The summed E-state index contributed by atoms with van der Waals surface area (Å²) in [4.78, 5) is 14.6. The average Bonchev–Trinajstić information content (AvgIpc) is 2.73. The lowest BCUT2D eigenvalue weighted by molar-refractivity contribution is -0.136. The fourth-order valence-corrected chi connectivity index (χ4v) is 5.39. The Morgan fingerprint density at radius 1 is 1.17 bits per heavy atom. The van der Waals surface area contributed by atoms with Crippen molar-refractivity contribution in [1.29, 1.82) is 0 Å². The Hall–Kier alpha value is -1.24. The standard InChI is InChI=1S/C24H38N2O3S/c1-3-30(28)17-21-8-5-4-7-20(21)16-29-15-18-11-13-19(14-12-18)23(25)24(27)26(2)22-9-6-10-22/h4-5,7-8,18-19,22-23H,3,6,9-17,25H2,1-2H3/t18?,19?,23-,30?/m0/s1. The number of amides is 1. The first-order chi connectivity index (χ1) is 14.5. The smallest absolute Gasteiger partial charge is 0.239 e. The summed E-state index contributed by atoms with van der Waals surface area (Å²) in [6.07, 6.45) is 7.62. The molecule has 0 bridgehead atoms. The SMILES string of the molecule is CCS(=O)Cc1ccccc1COCC1CCC([C@H](N)C(=O)N(C)C2CCC2)CC1. The van der Waals surface area contributed by atoms with Gasteiger partial charge in [0, 0.05) is 42.0 Å². The summed E-state index contributed by atoms with van der Waals surface area (Å²) in [5, 5.41) is 0. The summed E-state index contributed by atoms with van der Waals surface area (Å²) >= 11 is 0. The normalized spacial score (nSPS) is 24.1. The van der Waals surface area contributed by atoms with Gasteiger partial charge in [-0.05, 0) is 67.9 Å². The Kier molecular flexibility index (Phi) is 8.90. The molecular weight excluding hydrogens is 396 g/mol. The van der Waals surface area contributed by atoms with Crippen LogP contribution in [0.1, 0.15) is 63.0 Å². The lowest BCUT2D eigenvalue weighted by Gasteiger charge is -2.38. The summed E-state index contributed by atoms with van der Waals surface area (Å²) in [6, 6.07) is 8.19. The van der Waals surface area contributed by atoms with Gasteiger partial charge < -0.3 is 15.4 Å². The maximum Gasteiger partial charge on any atom is 0.239 e. The molecule has 2 N–H and O–H groups in total. The van der Waals surface area contributed by atoms with Crippen LogP contribution in [-0.2, 0) is 32.7 Å². The van der Waals surface area contributed by atoms with E-state index in [2.05, 4.69) is 12.1 Å². The van der Waals surface area contributed by atoms with Crippen molar-refractivity contribution >= 4 is 16.7 Å². The first-order valence-corrected chi connectivity index (χ1v) is 13.0. The third kappa shape index (κ3) is 6.14. The summed E-state index contributed by atoms with van der Waals surface area (Å²) in [5.74, 6) is 2.23. The number of benzene rings is 1. The molecule has 2 fully saturated rings. The number of hydrogen-bond acceptors (Lipinski definition) is 4. The van der Waals surface area contributed by atoms with Crippen LogP contribution in [0.25, 0.3) is 0 Å². The summed E-state index contributed by atoms with van der Waals surface area (Å²) in [6.45, 7) is 3.26. The number of ether oxygens (including phenoxy) is 1. The van der Waals surface area contributed by atoms with Gasteiger partial charge in [-0.25, -0.2) is 0 Å². The highest BCUT2D eigenvalue weighted by Crippen LogP contribution is 2.32. The summed E-state index contributed by atoms with van der Waals surface area (Å²) < 4.78 is 18.0. The average molecular weight is 435 g/mol. The van der Waals surface area contributed by atoms with Crippen LogP contribution in [0.4, 0.5) is 0 Å². The van der Waals surface area contributed by atoms with Gasteiger partial charge in [0.25, 0.3) is 0 Å².